The topological polar surface area (TPSA) is 73.5 Å². The predicted octanol–water partition coefficient (Wildman–Crippen LogP) is 3.09. The molecule has 2 heterocycles. The number of aromatic nitrogens is 1. The Bertz CT molecular complexity index is 928. The van der Waals surface area contributed by atoms with Gasteiger partial charge in [-0.3, -0.25) is 4.79 Å². The average molecular weight is 416 g/mol. The fourth-order valence-electron chi connectivity index (χ4n) is 3.11. The number of hydrogen-bond acceptors (Lipinski definition) is 3. The first-order chi connectivity index (χ1) is 12.2. The summed E-state index contributed by atoms with van der Waals surface area (Å²) >= 11 is 12.1. The number of amides is 1. The third kappa shape index (κ3) is 3.49. The molecule has 0 radical (unpaired) electrons. The number of nitrogens with one attached hydrogen (secondary N) is 1. The van der Waals surface area contributed by atoms with Gasteiger partial charge in [0.1, 0.15) is 4.90 Å². The molecule has 0 saturated carbocycles. The molecule has 0 unspecified atom stereocenters. The number of H-pyrrole nitrogens is 1. The van der Waals surface area contributed by atoms with Gasteiger partial charge in [-0.15, -0.1) is 0 Å². The Balaban J connectivity index is 1.76. The largest absolute Gasteiger partial charge is 0.362 e. The zero-order valence-corrected chi connectivity index (χ0v) is 16.7. The van der Waals surface area contributed by atoms with E-state index in [0.29, 0.717) is 18.7 Å². The van der Waals surface area contributed by atoms with Crippen molar-refractivity contribution in [1.29, 1.82) is 0 Å². The second kappa shape index (κ2) is 7.23. The molecule has 0 bridgehead atoms. The number of sulfonamides is 1. The Morgan fingerprint density at radius 3 is 2.15 bits per heavy atom. The Labute approximate surface area is 162 Å². The van der Waals surface area contributed by atoms with Gasteiger partial charge in [0.25, 0.3) is 5.91 Å². The molecule has 1 aliphatic rings. The molecule has 1 aromatic heterocycles. The summed E-state index contributed by atoms with van der Waals surface area (Å²) < 4.78 is 27.1. The number of benzene rings is 1. The molecule has 1 N–H and O–H groups in total. The van der Waals surface area contributed by atoms with Crippen LogP contribution in [0.5, 0.6) is 0 Å². The average Bonchev–Trinajstić information content (AvgIpc) is 2.92. The number of aryl methyl sites for hydroxylation is 2. The summed E-state index contributed by atoms with van der Waals surface area (Å²) in [5.41, 5.74) is 2.35. The van der Waals surface area contributed by atoms with E-state index in [1.165, 1.54) is 16.4 Å². The predicted molar refractivity (Wildman–Crippen MR) is 101 cm³/mol. The highest BCUT2D eigenvalue weighted by Crippen LogP contribution is 2.32. The molecule has 0 atom stereocenters. The van der Waals surface area contributed by atoms with Crippen molar-refractivity contribution in [3.05, 3.63) is 51.3 Å². The highest BCUT2D eigenvalue weighted by atomic mass is 35.5. The van der Waals surface area contributed by atoms with Gasteiger partial charge in [0.15, 0.2) is 0 Å². The number of aromatic amines is 1. The molecule has 0 aliphatic carbocycles. The van der Waals surface area contributed by atoms with Gasteiger partial charge in [-0.1, -0.05) is 29.3 Å². The Hall–Kier alpha value is -1.54. The van der Waals surface area contributed by atoms with E-state index in [1.807, 2.05) is 19.9 Å². The minimum atomic E-state index is -3.82. The van der Waals surface area contributed by atoms with E-state index < -0.39 is 10.0 Å². The van der Waals surface area contributed by atoms with Crippen LogP contribution in [0.1, 0.15) is 21.7 Å². The maximum atomic E-state index is 12.9. The summed E-state index contributed by atoms with van der Waals surface area (Å²) in [6, 6.07) is 6.40. The van der Waals surface area contributed by atoms with E-state index in [0.717, 1.165) is 11.4 Å². The smallest absolute Gasteiger partial charge is 0.255 e. The van der Waals surface area contributed by atoms with Crippen LogP contribution in [0, 0.1) is 13.8 Å². The summed E-state index contributed by atoms with van der Waals surface area (Å²) in [5.74, 6) is -0.0975. The highest BCUT2D eigenvalue weighted by Gasteiger charge is 2.33. The van der Waals surface area contributed by atoms with Crippen molar-refractivity contribution in [3.63, 3.8) is 0 Å². The molecule has 6 nitrogen and oxygen atoms in total. The molecule has 140 valence electrons. The zero-order chi connectivity index (χ0) is 19.1. The quantitative estimate of drug-likeness (QED) is 0.836. The number of halogens is 2. The summed E-state index contributed by atoms with van der Waals surface area (Å²) in [7, 11) is -3.82. The number of rotatable bonds is 3. The van der Waals surface area contributed by atoms with Crippen molar-refractivity contribution < 1.29 is 13.2 Å². The van der Waals surface area contributed by atoms with Crippen molar-refractivity contribution >= 4 is 39.1 Å². The second-order valence-electron chi connectivity index (χ2n) is 6.24. The van der Waals surface area contributed by atoms with E-state index in [4.69, 9.17) is 23.2 Å². The van der Waals surface area contributed by atoms with Crippen LogP contribution in [-0.4, -0.2) is 54.7 Å². The molecule has 1 fully saturated rings. The number of piperazine rings is 1. The van der Waals surface area contributed by atoms with Gasteiger partial charge in [-0.05, 0) is 32.0 Å². The second-order valence-corrected chi connectivity index (χ2v) is 8.93. The highest BCUT2D eigenvalue weighted by molar-refractivity contribution is 7.89. The van der Waals surface area contributed by atoms with Crippen molar-refractivity contribution in [2.45, 2.75) is 18.7 Å². The summed E-state index contributed by atoms with van der Waals surface area (Å²) in [4.78, 5) is 17.4. The minimum absolute atomic E-state index is 0.0831. The Kier molecular flexibility index (Phi) is 5.35. The third-order valence-electron chi connectivity index (χ3n) is 4.42. The number of nitrogens with zero attached hydrogens (tertiary/aromatic N) is 2. The van der Waals surface area contributed by atoms with Crippen LogP contribution < -0.4 is 0 Å². The maximum absolute atomic E-state index is 12.9. The van der Waals surface area contributed by atoms with E-state index in [1.54, 1.807) is 11.0 Å². The Morgan fingerprint density at radius 2 is 1.65 bits per heavy atom. The monoisotopic (exact) mass is 415 g/mol. The van der Waals surface area contributed by atoms with Gasteiger partial charge in [0, 0.05) is 37.6 Å². The van der Waals surface area contributed by atoms with Crippen molar-refractivity contribution in [1.82, 2.24) is 14.2 Å². The first-order valence-corrected chi connectivity index (χ1v) is 10.3. The van der Waals surface area contributed by atoms with Crippen LogP contribution in [-0.2, 0) is 10.0 Å². The lowest BCUT2D eigenvalue weighted by molar-refractivity contribution is 0.0697. The van der Waals surface area contributed by atoms with Gasteiger partial charge in [0.2, 0.25) is 10.0 Å². The van der Waals surface area contributed by atoms with Crippen LogP contribution in [0.3, 0.4) is 0 Å². The van der Waals surface area contributed by atoms with Gasteiger partial charge < -0.3 is 9.88 Å². The van der Waals surface area contributed by atoms with E-state index in [2.05, 4.69) is 4.98 Å². The van der Waals surface area contributed by atoms with Gasteiger partial charge >= 0.3 is 0 Å². The van der Waals surface area contributed by atoms with Crippen LogP contribution in [0.15, 0.2) is 29.2 Å². The lowest BCUT2D eigenvalue weighted by atomic mass is 10.2. The van der Waals surface area contributed by atoms with Gasteiger partial charge in [-0.2, -0.15) is 4.31 Å². The van der Waals surface area contributed by atoms with Crippen LogP contribution in [0.25, 0.3) is 0 Å². The Morgan fingerprint density at radius 1 is 1.08 bits per heavy atom. The standard InChI is InChI=1S/C17H19Cl2N3O3S/c1-11-10-13(12(2)20-11)17(23)21-6-8-22(9-7-21)26(24,25)16-14(18)4-3-5-15(16)19/h3-5,10,20H,6-9H2,1-2H3. The van der Waals surface area contributed by atoms with Gasteiger partial charge in [-0.25, -0.2) is 8.42 Å². The molecule has 26 heavy (non-hydrogen) atoms. The lowest BCUT2D eigenvalue weighted by Gasteiger charge is -2.34. The number of carbonyl (C=O) groups excluding carboxylic acids is 1. The molecule has 1 aromatic carbocycles. The van der Waals surface area contributed by atoms with Crippen molar-refractivity contribution in [2.24, 2.45) is 0 Å². The molecular formula is C17H19Cl2N3O3S. The molecule has 1 aliphatic heterocycles. The first-order valence-electron chi connectivity index (χ1n) is 8.11. The lowest BCUT2D eigenvalue weighted by Crippen LogP contribution is -2.50. The fourth-order valence-corrected chi connectivity index (χ4v) is 5.62. The van der Waals surface area contributed by atoms with E-state index in [9.17, 15) is 13.2 Å². The zero-order valence-electron chi connectivity index (χ0n) is 14.4. The van der Waals surface area contributed by atoms with Crippen molar-refractivity contribution in [3.8, 4) is 0 Å². The van der Waals surface area contributed by atoms with Gasteiger partial charge in [0.05, 0.1) is 15.6 Å². The molecule has 1 amide bonds. The fraction of sp³-hybridized carbons (Fsp3) is 0.353. The third-order valence-corrected chi connectivity index (χ3v) is 7.28. The van der Waals surface area contributed by atoms with Crippen LogP contribution >= 0.6 is 23.2 Å². The minimum Gasteiger partial charge on any atom is -0.362 e. The van der Waals surface area contributed by atoms with E-state index >= 15 is 0 Å². The molecule has 0 spiro atoms. The molecular weight excluding hydrogens is 397 g/mol. The summed E-state index contributed by atoms with van der Waals surface area (Å²) in [5, 5.41) is 0.184. The summed E-state index contributed by atoms with van der Waals surface area (Å²) in [6.45, 7) is 4.74. The number of carbonyl (C=O) groups is 1. The molecule has 9 heteroatoms. The molecule has 1 saturated heterocycles. The SMILES string of the molecule is Cc1cc(C(=O)N2CCN(S(=O)(=O)c3c(Cl)cccc3Cl)CC2)c(C)[nH]1. The molecule has 3 rings (SSSR count). The first kappa shape index (κ1) is 19.2. The number of hydrogen-bond donors (Lipinski definition) is 1. The van der Waals surface area contributed by atoms with Crippen LogP contribution in [0.2, 0.25) is 10.0 Å². The van der Waals surface area contributed by atoms with Crippen LogP contribution in [0.4, 0.5) is 0 Å². The van der Waals surface area contributed by atoms with Crippen molar-refractivity contribution in [2.75, 3.05) is 26.2 Å². The van der Waals surface area contributed by atoms with E-state index in [-0.39, 0.29) is 33.9 Å². The molecule has 2 aromatic rings. The summed E-state index contributed by atoms with van der Waals surface area (Å²) in [6.07, 6.45) is 0. The normalized spacial score (nSPS) is 16.1. The maximum Gasteiger partial charge on any atom is 0.255 e.